The molecule has 0 unspecified atom stereocenters. The zero-order valence-electron chi connectivity index (χ0n) is 16.9. The van der Waals surface area contributed by atoms with Gasteiger partial charge >= 0.3 is 0 Å². The van der Waals surface area contributed by atoms with E-state index in [1.165, 1.54) is 27.5 Å². The Morgan fingerprint density at radius 1 is 0.516 bits per heavy atom. The monoisotopic (exact) mass is 396 g/mol. The molecular weight excluding hydrogens is 376 g/mol. The SMILES string of the molecule is c1ccc(-c2ccc3c(c2)cc(-c2ccccc2)n2ncc(-c4ccccc4)c32)cc1. The molecule has 0 N–H and O–H groups in total. The van der Waals surface area contributed by atoms with E-state index in [1.54, 1.807) is 0 Å². The van der Waals surface area contributed by atoms with Gasteiger partial charge in [-0.3, -0.25) is 0 Å². The van der Waals surface area contributed by atoms with Crippen LogP contribution in [-0.2, 0) is 0 Å². The van der Waals surface area contributed by atoms with Gasteiger partial charge in [0.15, 0.2) is 0 Å². The molecule has 2 heterocycles. The number of aromatic nitrogens is 2. The summed E-state index contributed by atoms with van der Waals surface area (Å²) in [7, 11) is 0. The first-order valence-corrected chi connectivity index (χ1v) is 10.5. The van der Waals surface area contributed by atoms with Crippen LogP contribution < -0.4 is 0 Å². The van der Waals surface area contributed by atoms with Crippen LogP contribution in [-0.4, -0.2) is 9.61 Å². The molecule has 2 nitrogen and oxygen atoms in total. The first-order chi connectivity index (χ1) is 15.4. The Bertz CT molecular complexity index is 1500. The van der Waals surface area contributed by atoms with E-state index in [9.17, 15) is 0 Å². The van der Waals surface area contributed by atoms with Crippen molar-refractivity contribution < 1.29 is 0 Å². The lowest BCUT2D eigenvalue weighted by Crippen LogP contribution is -1.95. The van der Waals surface area contributed by atoms with E-state index >= 15 is 0 Å². The molecule has 0 fully saturated rings. The van der Waals surface area contributed by atoms with E-state index in [0.29, 0.717) is 0 Å². The number of hydrogen-bond donors (Lipinski definition) is 0. The molecule has 0 aliphatic rings. The van der Waals surface area contributed by atoms with Gasteiger partial charge < -0.3 is 0 Å². The second-order valence-corrected chi connectivity index (χ2v) is 7.75. The van der Waals surface area contributed by atoms with Crippen LogP contribution in [0.15, 0.2) is 121 Å². The maximum atomic E-state index is 4.82. The average molecular weight is 396 g/mol. The highest BCUT2D eigenvalue weighted by molar-refractivity contribution is 6.06. The summed E-state index contributed by atoms with van der Waals surface area (Å²) < 4.78 is 2.09. The Hall–Kier alpha value is -4.17. The highest BCUT2D eigenvalue weighted by Crippen LogP contribution is 2.36. The van der Waals surface area contributed by atoms with Crippen molar-refractivity contribution in [1.82, 2.24) is 9.61 Å². The highest BCUT2D eigenvalue weighted by atomic mass is 15.2. The highest BCUT2D eigenvalue weighted by Gasteiger charge is 2.15. The van der Waals surface area contributed by atoms with Gasteiger partial charge in [0.2, 0.25) is 0 Å². The van der Waals surface area contributed by atoms with Crippen molar-refractivity contribution in [3.8, 4) is 33.5 Å². The van der Waals surface area contributed by atoms with Crippen molar-refractivity contribution in [2.45, 2.75) is 0 Å². The van der Waals surface area contributed by atoms with Gasteiger partial charge in [0.25, 0.3) is 0 Å². The predicted molar refractivity (Wildman–Crippen MR) is 129 cm³/mol. The molecule has 0 aliphatic heterocycles. The number of benzene rings is 4. The third-order valence-corrected chi connectivity index (χ3v) is 5.86. The molecule has 0 saturated heterocycles. The molecule has 0 aliphatic carbocycles. The summed E-state index contributed by atoms with van der Waals surface area (Å²) >= 11 is 0. The zero-order valence-corrected chi connectivity index (χ0v) is 16.9. The maximum absolute atomic E-state index is 4.82. The van der Waals surface area contributed by atoms with Crippen LogP contribution >= 0.6 is 0 Å². The Kier molecular flexibility index (Phi) is 4.14. The van der Waals surface area contributed by atoms with Crippen LogP contribution in [0.3, 0.4) is 0 Å². The number of fused-ring (bicyclic) bond motifs is 3. The molecule has 2 aromatic heterocycles. The summed E-state index contributed by atoms with van der Waals surface area (Å²) in [4.78, 5) is 0. The van der Waals surface area contributed by atoms with Crippen LogP contribution in [0.1, 0.15) is 0 Å². The fourth-order valence-corrected chi connectivity index (χ4v) is 4.35. The summed E-state index contributed by atoms with van der Waals surface area (Å²) in [6.07, 6.45) is 1.99. The lowest BCUT2D eigenvalue weighted by molar-refractivity contribution is 0.975. The van der Waals surface area contributed by atoms with E-state index in [0.717, 1.165) is 22.3 Å². The van der Waals surface area contributed by atoms with Crippen LogP contribution in [0.4, 0.5) is 0 Å². The molecule has 6 rings (SSSR count). The van der Waals surface area contributed by atoms with Gasteiger partial charge in [-0.15, -0.1) is 0 Å². The maximum Gasteiger partial charge on any atom is 0.0825 e. The van der Waals surface area contributed by atoms with E-state index in [2.05, 4.69) is 114 Å². The second kappa shape index (κ2) is 7.26. The molecule has 2 heteroatoms. The van der Waals surface area contributed by atoms with Gasteiger partial charge in [-0.05, 0) is 34.2 Å². The van der Waals surface area contributed by atoms with Gasteiger partial charge in [-0.1, -0.05) is 103 Å². The normalized spacial score (nSPS) is 11.2. The van der Waals surface area contributed by atoms with Gasteiger partial charge in [0.05, 0.1) is 17.4 Å². The summed E-state index contributed by atoms with van der Waals surface area (Å²) in [5, 5.41) is 7.24. The third-order valence-electron chi connectivity index (χ3n) is 5.86. The summed E-state index contributed by atoms with van der Waals surface area (Å²) in [5.41, 5.74) is 8.16. The molecule has 0 atom stereocenters. The molecule has 146 valence electrons. The standard InChI is InChI=1S/C29H20N2/c1-4-10-21(11-5-1)24-16-17-26-25(18-24)19-28(23-14-8-3-9-15-23)31-29(26)27(20-30-31)22-12-6-2-7-13-22/h1-20H. The lowest BCUT2D eigenvalue weighted by atomic mass is 9.97. The minimum absolute atomic E-state index is 1.09. The molecule has 0 radical (unpaired) electrons. The fourth-order valence-electron chi connectivity index (χ4n) is 4.35. The summed E-state index contributed by atoms with van der Waals surface area (Å²) in [6, 6.07) is 40.5. The number of nitrogens with zero attached hydrogens (tertiary/aromatic N) is 2. The number of rotatable bonds is 3. The van der Waals surface area contributed by atoms with Crippen molar-refractivity contribution in [3.63, 3.8) is 0 Å². The second-order valence-electron chi connectivity index (χ2n) is 7.75. The van der Waals surface area contributed by atoms with E-state index in [-0.39, 0.29) is 0 Å². The Balaban J connectivity index is 1.70. The Labute approximate surface area is 181 Å². The van der Waals surface area contributed by atoms with Crippen molar-refractivity contribution in [2.24, 2.45) is 0 Å². The first-order valence-electron chi connectivity index (χ1n) is 10.5. The topological polar surface area (TPSA) is 17.3 Å². The van der Waals surface area contributed by atoms with Gasteiger partial charge in [-0.2, -0.15) is 5.10 Å². The van der Waals surface area contributed by atoms with Crippen molar-refractivity contribution in [2.75, 3.05) is 0 Å². The quantitative estimate of drug-likeness (QED) is 0.303. The third kappa shape index (κ3) is 3.01. The van der Waals surface area contributed by atoms with Crippen molar-refractivity contribution in [3.05, 3.63) is 121 Å². The largest absolute Gasteiger partial charge is 0.232 e. The smallest absolute Gasteiger partial charge is 0.0825 e. The van der Waals surface area contributed by atoms with Crippen molar-refractivity contribution in [1.29, 1.82) is 0 Å². The summed E-state index contributed by atoms with van der Waals surface area (Å²) in [5.74, 6) is 0. The average Bonchev–Trinajstić information content (AvgIpc) is 3.30. The fraction of sp³-hybridized carbons (Fsp3) is 0. The van der Waals surface area contributed by atoms with E-state index in [1.807, 2.05) is 12.3 Å². The van der Waals surface area contributed by atoms with Crippen LogP contribution in [0, 0.1) is 0 Å². The molecule has 0 saturated carbocycles. The number of hydrogen-bond acceptors (Lipinski definition) is 1. The predicted octanol–water partition coefficient (Wildman–Crippen LogP) is 7.49. The molecule has 4 aromatic carbocycles. The van der Waals surface area contributed by atoms with Crippen LogP contribution in [0.5, 0.6) is 0 Å². The van der Waals surface area contributed by atoms with E-state index in [4.69, 9.17) is 5.10 Å². The molecular formula is C29H20N2. The van der Waals surface area contributed by atoms with Gasteiger partial charge in [0, 0.05) is 16.5 Å². The molecule has 0 amide bonds. The molecule has 0 bridgehead atoms. The molecule has 0 spiro atoms. The van der Waals surface area contributed by atoms with Crippen molar-refractivity contribution >= 4 is 16.3 Å². The molecule has 6 aromatic rings. The van der Waals surface area contributed by atoms with Gasteiger partial charge in [0.1, 0.15) is 0 Å². The molecule has 31 heavy (non-hydrogen) atoms. The van der Waals surface area contributed by atoms with E-state index < -0.39 is 0 Å². The minimum Gasteiger partial charge on any atom is -0.232 e. The Morgan fingerprint density at radius 3 is 1.81 bits per heavy atom. The minimum atomic E-state index is 1.09. The van der Waals surface area contributed by atoms with Gasteiger partial charge in [-0.25, -0.2) is 4.52 Å². The van der Waals surface area contributed by atoms with Crippen LogP contribution in [0.2, 0.25) is 0 Å². The first kappa shape index (κ1) is 17.7. The Morgan fingerprint density at radius 2 is 1.13 bits per heavy atom. The lowest BCUT2D eigenvalue weighted by Gasteiger charge is -2.12. The van der Waals surface area contributed by atoms with Crippen LogP contribution in [0.25, 0.3) is 49.8 Å². The summed E-state index contributed by atoms with van der Waals surface area (Å²) in [6.45, 7) is 0. The zero-order chi connectivity index (χ0) is 20.6. The number of pyridine rings is 1.